The second-order valence-corrected chi connectivity index (χ2v) is 9.34. The van der Waals surface area contributed by atoms with Crippen LogP contribution in [0.2, 0.25) is 0 Å². The van der Waals surface area contributed by atoms with Gasteiger partial charge in [-0.15, -0.1) is 0 Å². The number of carbonyl (C=O) groups is 1. The highest BCUT2D eigenvalue weighted by molar-refractivity contribution is 6.10. The number of para-hydroxylation sites is 2. The standard InChI is InChI=1S/C27H32FN5O/c1-17(2)9-8-10-18(3)30-27(34)23-24-26(32-22-14-7-6-13-21(22)31-24)33(25(23)29)16-15-19-11-4-5-12-20(19)28/h4-7,11-14,17-18H,8-10,15-16,29H2,1-3H3,(H,30,34)/t18-/m0/s1. The molecule has 1 atom stereocenters. The molecule has 0 spiro atoms. The zero-order valence-electron chi connectivity index (χ0n) is 20.0. The molecule has 0 aliphatic rings. The number of nitrogens with zero attached hydrogens (tertiary/aromatic N) is 3. The maximum Gasteiger partial charge on any atom is 0.257 e. The smallest absolute Gasteiger partial charge is 0.257 e. The molecule has 2 aromatic heterocycles. The molecule has 2 heterocycles. The maximum absolute atomic E-state index is 14.2. The fourth-order valence-electron chi connectivity index (χ4n) is 4.30. The van der Waals surface area contributed by atoms with Crippen molar-refractivity contribution in [3.05, 3.63) is 65.5 Å². The molecule has 0 aliphatic carbocycles. The summed E-state index contributed by atoms with van der Waals surface area (Å²) in [5, 5.41) is 3.09. The SMILES string of the molecule is CC(C)CCC[C@H](C)NC(=O)c1c(N)n(CCc2ccccc2F)c2nc3ccccc3nc12. The molecule has 4 aromatic rings. The lowest BCUT2D eigenvalue weighted by Crippen LogP contribution is -2.33. The van der Waals surface area contributed by atoms with Crippen LogP contribution in [-0.2, 0) is 13.0 Å². The summed E-state index contributed by atoms with van der Waals surface area (Å²) in [6.07, 6.45) is 3.48. The number of nitrogens with one attached hydrogen (secondary N) is 1. The first-order valence-corrected chi connectivity index (χ1v) is 11.9. The van der Waals surface area contributed by atoms with Gasteiger partial charge in [0, 0.05) is 12.6 Å². The van der Waals surface area contributed by atoms with Gasteiger partial charge in [0.1, 0.15) is 22.7 Å². The predicted molar refractivity (Wildman–Crippen MR) is 135 cm³/mol. The Labute approximate surface area is 199 Å². The van der Waals surface area contributed by atoms with Gasteiger partial charge >= 0.3 is 0 Å². The highest BCUT2D eigenvalue weighted by atomic mass is 19.1. The van der Waals surface area contributed by atoms with Gasteiger partial charge in [0.25, 0.3) is 5.91 Å². The number of benzene rings is 2. The van der Waals surface area contributed by atoms with E-state index in [0.29, 0.717) is 58.0 Å². The summed E-state index contributed by atoms with van der Waals surface area (Å²) in [4.78, 5) is 22.9. The molecule has 0 saturated carbocycles. The van der Waals surface area contributed by atoms with Crippen molar-refractivity contribution in [2.24, 2.45) is 5.92 Å². The van der Waals surface area contributed by atoms with E-state index in [0.717, 1.165) is 19.3 Å². The van der Waals surface area contributed by atoms with Crippen molar-refractivity contribution >= 4 is 33.9 Å². The summed E-state index contributed by atoms with van der Waals surface area (Å²) in [5.41, 5.74) is 9.85. The molecular formula is C27H32FN5O. The number of amides is 1. The summed E-state index contributed by atoms with van der Waals surface area (Å²) in [6, 6.07) is 14.2. The van der Waals surface area contributed by atoms with Crippen LogP contribution in [0.1, 0.15) is 56.0 Å². The van der Waals surface area contributed by atoms with Crippen molar-refractivity contribution in [1.82, 2.24) is 19.9 Å². The Hall–Kier alpha value is -3.48. The molecule has 7 heteroatoms. The van der Waals surface area contributed by atoms with E-state index in [1.807, 2.05) is 37.3 Å². The number of anilines is 1. The minimum atomic E-state index is -0.262. The van der Waals surface area contributed by atoms with Crippen LogP contribution in [0.25, 0.3) is 22.2 Å². The monoisotopic (exact) mass is 461 g/mol. The Bertz CT molecular complexity index is 1310. The number of carbonyl (C=O) groups excluding carboxylic acids is 1. The summed E-state index contributed by atoms with van der Waals surface area (Å²) in [5.74, 6) is 0.416. The Balaban J connectivity index is 1.69. The number of rotatable bonds is 9. The third-order valence-electron chi connectivity index (χ3n) is 6.18. The van der Waals surface area contributed by atoms with Crippen LogP contribution in [0.15, 0.2) is 48.5 Å². The van der Waals surface area contributed by atoms with Gasteiger partial charge in [0.05, 0.1) is 11.0 Å². The second kappa shape index (κ2) is 10.2. The lowest BCUT2D eigenvalue weighted by molar-refractivity contribution is 0.0940. The topological polar surface area (TPSA) is 85.8 Å². The number of hydrogen-bond acceptors (Lipinski definition) is 4. The Morgan fingerprint density at radius 1 is 1.03 bits per heavy atom. The van der Waals surface area contributed by atoms with Gasteiger partial charge < -0.3 is 15.6 Å². The van der Waals surface area contributed by atoms with Gasteiger partial charge in [-0.3, -0.25) is 4.79 Å². The van der Waals surface area contributed by atoms with Crippen LogP contribution in [0, 0.1) is 11.7 Å². The van der Waals surface area contributed by atoms with Crippen LogP contribution in [-0.4, -0.2) is 26.5 Å². The molecule has 0 aliphatic heterocycles. The number of hydrogen-bond donors (Lipinski definition) is 2. The molecule has 6 nitrogen and oxygen atoms in total. The molecule has 0 unspecified atom stereocenters. The molecule has 4 rings (SSSR count). The highest BCUT2D eigenvalue weighted by Gasteiger charge is 2.25. The van der Waals surface area contributed by atoms with Gasteiger partial charge in [0.2, 0.25) is 0 Å². The minimum Gasteiger partial charge on any atom is -0.384 e. The van der Waals surface area contributed by atoms with E-state index >= 15 is 0 Å². The van der Waals surface area contributed by atoms with E-state index in [2.05, 4.69) is 19.2 Å². The quantitative estimate of drug-likeness (QED) is 0.345. The highest BCUT2D eigenvalue weighted by Crippen LogP contribution is 2.28. The molecule has 0 bridgehead atoms. The molecule has 3 N–H and O–H groups in total. The van der Waals surface area contributed by atoms with Crippen LogP contribution in [0.3, 0.4) is 0 Å². The average molecular weight is 462 g/mol. The first kappa shape index (κ1) is 23.7. The van der Waals surface area contributed by atoms with E-state index in [4.69, 9.17) is 15.7 Å². The van der Waals surface area contributed by atoms with Crippen molar-refractivity contribution in [2.45, 2.75) is 59.0 Å². The van der Waals surface area contributed by atoms with Gasteiger partial charge in [-0.05, 0) is 49.4 Å². The van der Waals surface area contributed by atoms with E-state index < -0.39 is 0 Å². The van der Waals surface area contributed by atoms with E-state index in [9.17, 15) is 9.18 Å². The summed E-state index contributed by atoms with van der Waals surface area (Å²) in [7, 11) is 0. The lowest BCUT2D eigenvalue weighted by Gasteiger charge is -2.14. The molecule has 34 heavy (non-hydrogen) atoms. The van der Waals surface area contributed by atoms with Crippen molar-refractivity contribution < 1.29 is 9.18 Å². The first-order chi connectivity index (χ1) is 16.3. The number of aromatic nitrogens is 3. The van der Waals surface area contributed by atoms with E-state index in [1.165, 1.54) is 6.07 Å². The molecule has 178 valence electrons. The van der Waals surface area contributed by atoms with Crippen LogP contribution in [0.4, 0.5) is 10.2 Å². The maximum atomic E-state index is 14.2. The second-order valence-electron chi connectivity index (χ2n) is 9.34. The van der Waals surface area contributed by atoms with E-state index in [-0.39, 0.29) is 17.8 Å². The molecule has 2 aromatic carbocycles. The van der Waals surface area contributed by atoms with Gasteiger partial charge in [-0.2, -0.15) is 0 Å². The largest absolute Gasteiger partial charge is 0.384 e. The number of fused-ring (bicyclic) bond motifs is 2. The molecule has 0 saturated heterocycles. The van der Waals surface area contributed by atoms with Crippen LogP contribution < -0.4 is 11.1 Å². The fourth-order valence-corrected chi connectivity index (χ4v) is 4.30. The van der Waals surface area contributed by atoms with Crippen molar-refractivity contribution in [1.29, 1.82) is 0 Å². The fraction of sp³-hybridized carbons (Fsp3) is 0.370. The Morgan fingerprint density at radius 3 is 2.41 bits per heavy atom. The molecule has 1 amide bonds. The Morgan fingerprint density at radius 2 is 1.71 bits per heavy atom. The van der Waals surface area contributed by atoms with Crippen molar-refractivity contribution in [3.63, 3.8) is 0 Å². The zero-order chi connectivity index (χ0) is 24.2. The summed E-state index contributed by atoms with van der Waals surface area (Å²) >= 11 is 0. The van der Waals surface area contributed by atoms with E-state index in [1.54, 1.807) is 16.7 Å². The van der Waals surface area contributed by atoms with Crippen molar-refractivity contribution in [2.75, 3.05) is 5.73 Å². The number of nitrogen functional groups attached to an aromatic ring is 1. The normalized spacial score (nSPS) is 12.5. The lowest BCUT2D eigenvalue weighted by atomic mass is 10.0. The number of aryl methyl sites for hydroxylation is 2. The zero-order valence-corrected chi connectivity index (χ0v) is 20.0. The molecular weight excluding hydrogens is 429 g/mol. The summed E-state index contributed by atoms with van der Waals surface area (Å²) < 4.78 is 16.0. The average Bonchev–Trinajstić information content (AvgIpc) is 3.06. The van der Waals surface area contributed by atoms with Gasteiger partial charge in [-0.1, -0.05) is 57.0 Å². The number of halogens is 1. The third-order valence-corrected chi connectivity index (χ3v) is 6.18. The van der Waals surface area contributed by atoms with Gasteiger partial charge in [-0.25, -0.2) is 14.4 Å². The predicted octanol–water partition coefficient (Wildman–Crippen LogP) is 5.49. The minimum absolute atomic E-state index is 0.0101. The van der Waals surface area contributed by atoms with Crippen LogP contribution in [0.5, 0.6) is 0 Å². The van der Waals surface area contributed by atoms with Crippen molar-refractivity contribution in [3.8, 4) is 0 Å². The number of nitrogens with two attached hydrogens (primary N) is 1. The third kappa shape index (κ3) is 5.03. The van der Waals surface area contributed by atoms with Gasteiger partial charge in [0.15, 0.2) is 5.65 Å². The Kier molecular flexibility index (Phi) is 7.10. The van der Waals surface area contributed by atoms with Crippen LogP contribution >= 0.6 is 0 Å². The first-order valence-electron chi connectivity index (χ1n) is 11.9. The summed E-state index contributed by atoms with van der Waals surface area (Å²) in [6.45, 7) is 6.78. The molecule has 0 fully saturated rings. The molecule has 0 radical (unpaired) electrons.